The van der Waals surface area contributed by atoms with E-state index >= 15 is 4.39 Å². The van der Waals surface area contributed by atoms with Crippen LogP contribution in [0, 0.1) is 11.6 Å². The number of nitrogens with zero attached hydrogens (tertiary/aromatic N) is 6. The number of hydrogen-bond acceptors (Lipinski definition) is 6. The van der Waals surface area contributed by atoms with Gasteiger partial charge in [0.2, 0.25) is 5.91 Å². The van der Waals surface area contributed by atoms with Crippen molar-refractivity contribution in [3.8, 4) is 39.5 Å². The van der Waals surface area contributed by atoms with Gasteiger partial charge in [0.1, 0.15) is 29.7 Å². The fourth-order valence-electron chi connectivity index (χ4n) is 7.18. The number of aryl methyl sites for hydroxylation is 1. The molecule has 4 heterocycles. The third-order valence-electron chi connectivity index (χ3n) is 9.32. The Balaban J connectivity index is 1.49. The number of hydrogen-bond donors (Lipinski definition) is 0. The number of carbonyl (C=O) groups is 1. The molecule has 2 atom stereocenters. The van der Waals surface area contributed by atoms with Crippen molar-refractivity contribution in [2.75, 3.05) is 20.3 Å². The van der Waals surface area contributed by atoms with Gasteiger partial charge in [-0.2, -0.15) is 5.10 Å². The van der Waals surface area contributed by atoms with Crippen LogP contribution in [-0.2, 0) is 36.0 Å². The molecule has 0 bridgehead atoms. The smallest absolute Gasteiger partial charge is 0.246 e. The lowest BCUT2D eigenvalue weighted by Crippen LogP contribution is -2.46. The SMILES string of the molecule is C=CC(=O)N1[C@H](C)Cn2nc(-c3nc(-c4ccc5c(c4)ncn5C)c4c(c3-c3c(F)cc(F)cc3OCCOC)CCC4)cc2[C@@H]1C. The minimum absolute atomic E-state index is 0.0769. The van der Waals surface area contributed by atoms with E-state index in [1.54, 1.807) is 18.3 Å². The van der Waals surface area contributed by atoms with E-state index in [0.717, 1.165) is 58.0 Å². The van der Waals surface area contributed by atoms with E-state index < -0.39 is 11.6 Å². The van der Waals surface area contributed by atoms with E-state index in [0.29, 0.717) is 29.9 Å². The molecule has 5 aromatic rings. The third kappa shape index (κ3) is 5.18. The van der Waals surface area contributed by atoms with Crippen LogP contribution in [-0.4, -0.2) is 61.5 Å². The average molecular weight is 639 g/mol. The summed E-state index contributed by atoms with van der Waals surface area (Å²) >= 11 is 0. The van der Waals surface area contributed by atoms with Crippen LogP contribution in [0.3, 0.4) is 0 Å². The number of fused-ring (bicyclic) bond motifs is 3. The summed E-state index contributed by atoms with van der Waals surface area (Å²) in [7, 11) is 3.49. The standard InChI is InChI=1S/C36H36F2N6O3/c1-6-32(45)44-20(2)18-43-30(21(44)3)17-28(41-43)36-33(34-26(38)15-23(37)16-31(34)47-13-12-46-5)24-8-7-9-25(24)35(40-36)22-10-11-29-27(14-22)39-19-42(29)4/h6,10-11,14-17,19-21H,1,7-9,12-13,18H2,2-5H3/t20-,21+/m1/s1. The van der Waals surface area contributed by atoms with E-state index in [1.807, 2.05) is 54.4 Å². The molecule has 2 aliphatic rings. The molecule has 242 valence electrons. The summed E-state index contributed by atoms with van der Waals surface area (Å²) in [6.07, 6.45) is 5.38. The molecular weight excluding hydrogens is 602 g/mol. The number of ether oxygens (including phenoxy) is 2. The van der Waals surface area contributed by atoms with Crippen molar-refractivity contribution in [3.05, 3.63) is 83.8 Å². The lowest BCUT2D eigenvalue weighted by molar-refractivity contribution is -0.131. The number of methoxy groups -OCH3 is 1. The van der Waals surface area contributed by atoms with Gasteiger partial charge in [-0.3, -0.25) is 9.48 Å². The first-order chi connectivity index (χ1) is 22.7. The van der Waals surface area contributed by atoms with Gasteiger partial charge in [0.25, 0.3) is 0 Å². The van der Waals surface area contributed by atoms with E-state index in [2.05, 4.69) is 11.6 Å². The largest absolute Gasteiger partial charge is 0.490 e. The first-order valence-corrected chi connectivity index (χ1v) is 15.8. The average Bonchev–Trinajstić information content (AvgIpc) is 3.79. The highest BCUT2D eigenvalue weighted by atomic mass is 19.1. The molecule has 0 spiro atoms. The first-order valence-electron chi connectivity index (χ1n) is 15.8. The van der Waals surface area contributed by atoms with Crippen molar-refractivity contribution in [2.24, 2.45) is 7.05 Å². The zero-order valence-corrected chi connectivity index (χ0v) is 26.9. The Hall–Kier alpha value is -4.90. The maximum Gasteiger partial charge on any atom is 0.246 e. The van der Waals surface area contributed by atoms with Crippen LogP contribution in [0.1, 0.15) is 43.1 Å². The molecule has 0 fully saturated rings. The van der Waals surface area contributed by atoms with Crippen molar-refractivity contribution >= 4 is 16.9 Å². The molecule has 1 aliphatic heterocycles. The summed E-state index contributed by atoms with van der Waals surface area (Å²) in [6, 6.07) is 9.69. The zero-order chi connectivity index (χ0) is 33.0. The fourth-order valence-corrected chi connectivity index (χ4v) is 7.18. The van der Waals surface area contributed by atoms with E-state index in [-0.39, 0.29) is 42.5 Å². The van der Waals surface area contributed by atoms with Crippen molar-refractivity contribution in [1.82, 2.24) is 29.2 Å². The Kier molecular flexibility index (Phi) is 7.87. The van der Waals surface area contributed by atoms with Gasteiger partial charge in [0.15, 0.2) is 0 Å². The van der Waals surface area contributed by atoms with Crippen LogP contribution in [0.5, 0.6) is 5.75 Å². The van der Waals surface area contributed by atoms with Gasteiger partial charge in [-0.1, -0.05) is 12.6 Å². The second kappa shape index (κ2) is 12.0. The Morgan fingerprint density at radius 3 is 2.66 bits per heavy atom. The molecule has 1 amide bonds. The second-order valence-corrected chi connectivity index (χ2v) is 12.3. The molecular formula is C36H36F2N6O3. The van der Waals surface area contributed by atoms with E-state index in [4.69, 9.17) is 19.6 Å². The molecule has 0 N–H and O–H groups in total. The van der Waals surface area contributed by atoms with Gasteiger partial charge in [-0.05, 0) is 68.5 Å². The van der Waals surface area contributed by atoms with Gasteiger partial charge < -0.3 is 18.9 Å². The van der Waals surface area contributed by atoms with Crippen LogP contribution < -0.4 is 4.74 Å². The number of halogens is 2. The van der Waals surface area contributed by atoms with Gasteiger partial charge in [0, 0.05) is 43.5 Å². The Bertz CT molecular complexity index is 2050. The fraction of sp³-hybridized carbons (Fsp3) is 0.333. The quantitative estimate of drug-likeness (QED) is 0.144. The molecule has 7 rings (SSSR count). The van der Waals surface area contributed by atoms with Crippen molar-refractivity contribution in [2.45, 2.75) is 51.7 Å². The van der Waals surface area contributed by atoms with Gasteiger partial charge >= 0.3 is 0 Å². The highest BCUT2D eigenvalue weighted by molar-refractivity contribution is 5.91. The maximum atomic E-state index is 16.1. The maximum absolute atomic E-state index is 16.1. The predicted molar refractivity (Wildman–Crippen MR) is 175 cm³/mol. The van der Waals surface area contributed by atoms with Gasteiger partial charge in [-0.15, -0.1) is 0 Å². The number of pyridine rings is 1. The van der Waals surface area contributed by atoms with Crippen LogP contribution in [0.2, 0.25) is 0 Å². The molecule has 47 heavy (non-hydrogen) atoms. The Labute approximate surface area is 271 Å². The molecule has 11 heteroatoms. The minimum Gasteiger partial charge on any atom is -0.490 e. The van der Waals surface area contributed by atoms with Crippen LogP contribution in [0.4, 0.5) is 8.78 Å². The molecule has 0 saturated heterocycles. The molecule has 0 radical (unpaired) electrons. The number of amides is 1. The zero-order valence-electron chi connectivity index (χ0n) is 26.9. The molecule has 9 nitrogen and oxygen atoms in total. The summed E-state index contributed by atoms with van der Waals surface area (Å²) in [4.78, 5) is 24.5. The predicted octanol–water partition coefficient (Wildman–Crippen LogP) is 6.44. The van der Waals surface area contributed by atoms with Crippen LogP contribution in [0.25, 0.3) is 44.8 Å². The summed E-state index contributed by atoms with van der Waals surface area (Å²) in [5.74, 6) is -1.56. The Morgan fingerprint density at radius 1 is 1.06 bits per heavy atom. The van der Waals surface area contributed by atoms with E-state index in [1.165, 1.54) is 12.1 Å². The molecule has 3 aromatic heterocycles. The molecule has 2 aromatic carbocycles. The van der Waals surface area contributed by atoms with Gasteiger partial charge in [0.05, 0.1) is 59.2 Å². The number of aromatic nitrogens is 5. The van der Waals surface area contributed by atoms with Crippen molar-refractivity contribution in [3.63, 3.8) is 0 Å². The lowest BCUT2D eigenvalue weighted by Gasteiger charge is -2.38. The highest BCUT2D eigenvalue weighted by Crippen LogP contribution is 2.47. The van der Waals surface area contributed by atoms with Crippen molar-refractivity contribution in [1.29, 1.82) is 0 Å². The number of rotatable bonds is 8. The Morgan fingerprint density at radius 2 is 1.87 bits per heavy atom. The number of benzene rings is 2. The first kappa shape index (κ1) is 30.7. The topological polar surface area (TPSA) is 87.3 Å². The summed E-state index contributed by atoms with van der Waals surface area (Å²) in [5, 5.41) is 5.01. The second-order valence-electron chi connectivity index (χ2n) is 12.3. The van der Waals surface area contributed by atoms with Crippen molar-refractivity contribution < 1.29 is 23.0 Å². The number of imidazole rings is 1. The van der Waals surface area contributed by atoms with E-state index in [9.17, 15) is 9.18 Å². The molecule has 1 aliphatic carbocycles. The molecule has 0 unspecified atom stereocenters. The van der Waals surface area contributed by atoms with Gasteiger partial charge in [-0.25, -0.2) is 18.7 Å². The normalized spacial score (nSPS) is 17.2. The minimum atomic E-state index is -0.745. The summed E-state index contributed by atoms with van der Waals surface area (Å²) in [5.41, 5.74) is 7.97. The van der Waals surface area contributed by atoms with Crippen LogP contribution in [0.15, 0.2) is 55.4 Å². The monoisotopic (exact) mass is 638 g/mol. The van der Waals surface area contributed by atoms with Crippen LogP contribution >= 0.6 is 0 Å². The third-order valence-corrected chi connectivity index (χ3v) is 9.32. The molecule has 0 saturated carbocycles. The summed E-state index contributed by atoms with van der Waals surface area (Å²) in [6.45, 7) is 8.46. The number of carbonyl (C=O) groups excluding carboxylic acids is 1. The highest BCUT2D eigenvalue weighted by Gasteiger charge is 2.35. The lowest BCUT2D eigenvalue weighted by atomic mass is 9.90. The summed E-state index contributed by atoms with van der Waals surface area (Å²) < 4.78 is 45.8.